The number of unbranched alkanes of at least 4 members (excludes halogenated alkanes) is 1. The minimum atomic E-state index is -1.46. The molecule has 0 heterocycles. The van der Waals surface area contributed by atoms with Crippen LogP contribution >= 0.6 is 0 Å². The number of carboxylic acids is 2. The highest BCUT2D eigenvalue weighted by Crippen LogP contribution is 2.10. The number of amides is 3. The van der Waals surface area contributed by atoms with Gasteiger partial charge in [-0.3, -0.25) is 24.0 Å². The van der Waals surface area contributed by atoms with E-state index in [0.29, 0.717) is 32.2 Å². The van der Waals surface area contributed by atoms with E-state index < -0.39 is 60.2 Å². The molecule has 178 valence electrons. The third kappa shape index (κ3) is 10.7. The number of hydrogen-bond donors (Lipinski definition) is 7. The number of hydrogen-bond acceptors (Lipinski definition) is 7. The van der Waals surface area contributed by atoms with Gasteiger partial charge in [-0.05, 0) is 32.2 Å². The topological polar surface area (TPSA) is 214 Å². The van der Waals surface area contributed by atoms with Crippen LogP contribution in [0.2, 0.25) is 0 Å². The Morgan fingerprint density at radius 3 is 2.00 bits per heavy atom. The van der Waals surface area contributed by atoms with E-state index in [1.165, 1.54) is 6.92 Å². The molecule has 0 bridgehead atoms. The predicted molar refractivity (Wildman–Crippen MR) is 112 cm³/mol. The Morgan fingerprint density at radius 2 is 1.52 bits per heavy atom. The number of nitrogens with two attached hydrogens (primary N) is 2. The van der Waals surface area contributed by atoms with Crippen LogP contribution in [0.3, 0.4) is 0 Å². The lowest BCUT2D eigenvalue weighted by Gasteiger charge is -2.27. The Morgan fingerprint density at radius 1 is 0.903 bits per heavy atom. The molecule has 0 fully saturated rings. The van der Waals surface area contributed by atoms with Gasteiger partial charge in [-0.2, -0.15) is 0 Å². The first kappa shape index (κ1) is 28.3. The summed E-state index contributed by atoms with van der Waals surface area (Å²) in [5, 5.41) is 25.1. The fourth-order valence-corrected chi connectivity index (χ4v) is 2.62. The highest BCUT2D eigenvalue weighted by Gasteiger charge is 2.32. The Hall–Kier alpha value is -2.73. The molecule has 5 unspecified atom stereocenters. The zero-order chi connectivity index (χ0) is 24.1. The van der Waals surface area contributed by atoms with Crippen molar-refractivity contribution in [2.75, 3.05) is 6.54 Å². The standard InChI is InChI=1S/C19H35N5O7/c1-4-10(2)15(18(29)22-11(3)19(30)31)24-17(28)13(9-14(25)26)23-16(27)12(21)7-5-6-8-20/h10-13,15H,4-9,20-21H2,1-3H3,(H,22,29)(H,23,27)(H,24,28)(H,25,26)(H,30,31). The van der Waals surface area contributed by atoms with Crippen molar-refractivity contribution in [3.8, 4) is 0 Å². The Balaban J connectivity index is 5.33. The molecule has 12 nitrogen and oxygen atoms in total. The van der Waals surface area contributed by atoms with Crippen molar-refractivity contribution >= 4 is 29.7 Å². The normalized spacial score (nSPS) is 15.6. The average molecular weight is 446 g/mol. The van der Waals surface area contributed by atoms with Crippen LogP contribution in [0.5, 0.6) is 0 Å². The molecule has 0 aromatic carbocycles. The molecule has 0 radical (unpaired) electrons. The van der Waals surface area contributed by atoms with Crippen LogP contribution in [0.1, 0.15) is 52.9 Å². The Bertz CT molecular complexity index is 643. The van der Waals surface area contributed by atoms with E-state index in [-0.39, 0.29) is 5.92 Å². The second-order valence-corrected chi connectivity index (χ2v) is 7.49. The summed E-state index contributed by atoms with van der Waals surface area (Å²) in [5.74, 6) is -5.26. The molecule has 5 atom stereocenters. The third-order valence-corrected chi connectivity index (χ3v) is 4.84. The SMILES string of the molecule is CCC(C)C(NC(=O)C(CC(=O)O)NC(=O)C(N)CCCCN)C(=O)NC(C)C(=O)O. The average Bonchev–Trinajstić information content (AvgIpc) is 2.69. The van der Waals surface area contributed by atoms with Gasteiger partial charge in [0.15, 0.2) is 0 Å². The van der Waals surface area contributed by atoms with Gasteiger partial charge < -0.3 is 37.6 Å². The maximum atomic E-state index is 12.7. The number of carbonyl (C=O) groups excluding carboxylic acids is 3. The molecule has 0 rings (SSSR count). The van der Waals surface area contributed by atoms with Gasteiger partial charge in [0.1, 0.15) is 18.1 Å². The highest BCUT2D eigenvalue weighted by atomic mass is 16.4. The molecular weight excluding hydrogens is 410 g/mol. The van der Waals surface area contributed by atoms with E-state index in [4.69, 9.17) is 21.7 Å². The van der Waals surface area contributed by atoms with Crippen LogP contribution < -0.4 is 27.4 Å². The zero-order valence-electron chi connectivity index (χ0n) is 18.2. The monoisotopic (exact) mass is 445 g/mol. The molecule has 9 N–H and O–H groups in total. The van der Waals surface area contributed by atoms with Crippen molar-refractivity contribution in [3.63, 3.8) is 0 Å². The van der Waals surface area contributed by atoms with Crippen LogP contribution in [0.25, 0.3) is 0 Å². The van der Waals surface area contributed by atoms with Gasteiger partial charge >= 0.3 is 11.9 Å². The lowest BCUT2D eigenvalue weighted by Crippen LogP contribution is -2.58. The van der Waals surface area contributed by atoms with E-state index >= 15 is 0 Å². The largest absolute Gasteiger partial charge is 0.481 e. The smallest absolute Gasteiger partial charge is 0.325 e. The number of aliphatic carboxylic acids is 2. The van der Waals surface area contributed by atoms with E-state index in [2.05, 4.69) is 16.0 Å². The van der Waals surface area contributed by atoms with Gasteiger partial charge in [-0.1, -0.05) is 26.7 Å². The fraction of sp³-hybridized carbons (Fsp3) is 0.737. The van der Waals surface area contributed by atoms with Crippen molar-refractivity contribution in [2.24, 2.45) is 17.4 Å². The maximum absolute atomic E-state index is 12.7. The minimum absolute atomic E-state index is 0.315. The molecule has 0 aliphatic carbocycles. The van der Waals surface area contributed by atoms with Gasteiger partial charge in [0.2, 0.25) is 17.7 Å². The molecule has 3 amide bonds. The zero-order valence-corrected chi connectivity index (χ0v) is 18.2. The fourth-order valence-electron chi connectivity index (χ4n) is 2.62. The van der Waals surface area contributed by atoms with Crippen LogP contribution in [0.4, 0.5) is 0 Å². The van der Waals surface area contributed by atoms with Crippen LogP contribution in [-0.4, -0.2) is 70.6 Å². The summed E-state index contributed by atoms with van der Waals surface area (Å²) in [5.41, 5.74) is 11.2. The molecule has 0 aliphatic heterocycles. The number of rotatable bonds is 15. The molecular formula is C19H35N5O7. The molecule has 12 heteroatoms. The van der Waals surface area contributed by atoms with Gasteiger partial charge in [-0.15, -0.1) is 0 Å². The lowest BCUT2D eigenvalue weighted by atomic mass is 9.97. The van der Waals surface area contributed by atoms with Gasteiger partial charge in [0.05, 0.1) is 12.5 Å². The summed E-state index contributed by atoms with van der Waals surface area (Å²) in [6.45, 7) is 5.16. The van der Waals surface area contributed by atoms with Crippen molar-refractivity contribution in [3.05, 3.63) is 0 Å². The lowest BCUT2D eigenvalue weighted by molar-refractivity contribution is -0.143. The minimum Gasteiger partial charge on any atom is -0.481 e. The van der Waals surface area contributed by atoms with E-state index in [1.807, 2.05) is 0 Å². The Kier molecular flexibility index (Phi) is 13.0. The van der Waals surface area contributed by atoms with Gasteiger partial charge in [-0.25, -0.2) is 0 Å². The van der Waals surface area contributed by atoms with E-state index in [9.17, 15) is 24.0 Å². The highest BCUT2D eigenvalue weighted by molar-refractivity contribution is 5.95. The molecule has 0 aromatic heterocycles. The van der Waals surface area contributed by atoms with Crippen molar-refractivity contribution in [1.82, 2.24) is 16.0 Å². The first-order valence-electron chi connectivity index (χ1n) is 10.3. The predicted octanol–water partition coefficient (Wildman–Crippen LogP) is -1.48. The second kappa shape index (κ2) is 14.3. The maximum Gasteiger partial charge on any atom is 0.325 e. The van der Waals surface area contributed by atoms with Crippen molar-refractivity contribution < 1.29 is 34.2 Å². The summed E-state index contributed by atoms with van der Waals surface area (Å²) in [4.78, 5) is 59.7. The van der Waals surface area contributed by atoms with Gasteiger partial charge in [0, 0.05) is 0 Å². The molecule has 0 saturated heterocycles. The molecule has 0 spiro atoms. The Labute approximate surface area is 181 Å². The summed E-state index contributed by atoms with van der Waals surface area (Å²) < 4.78 is 0. The third-order valence-electron chi connectivity index (χ3n) is 4.84. The van der Waals surface area contributed by atoms with Gasteiger partial charge in [0.25, 0.3) is 0 Å². The number of carbonyl (C=O) groups is 5. The van der Waals surface area contributed by atoms with E-state index in [1.54, 1.807) is 13.8 Å². The summed E-state index contributed by atoms with van der Waals surface area (Å²) >= 11 is 0. The molecule has 0 aromatic rings. The summed E-state index contributed by atoms with van der Waals surface area (Å²) in [6, 6.07) is -4.70. The second-order valence-electron chi connectivity index (χ2n) is 7.49. The summed E-state index contributed by atoms with van der Waals surface area (Å²) in [6.07, 6.45) is 1.34. The van der Waals surface area contributed by atoms with Crippen LogP contribution in [0, 0.1) is 5.92 Å². The summed E-state index contributed by atoms with van der Waals surface area (Å²) in [7, 11) is 0. The van der Waals surface area contributed by atoms with Crippen molar-refractivity contribution in [1.29, 1.82) is 0 Å². The first-order chi connectivity index (χ1) is 14.4. The molecule has 0 saturated carbocycles. The number of nitrogens with one attached hydrogen (secondary N) is 3. The van der Waals surface area contributed by atoms with Crippen LogP contribution in [0.15, 0.2) is 0 Å². The quantitative estimate of drug-likeness (QED) is 0.146. The number of carboxylic acid groups (broad SMARTS) is 2. The molecule has 0 aliphatic rings. The van der Waals surface area contributed by atoms with Crippen molar-refractivity contribution in [2.45, 2.75) is 77.0 Å². The van der Waals surface area contributed by atoms with Crippen LogP contribution in [-0.2, 0) is 24.0 Å². The molecule has 31 heavy (non-hydrogen) atoms. The van der Waals surface area contributed by atoms with E-state index in [0.717, 1.165) is 0 Å². The first-order valence-corrected chi connectivity index (χ1v) is 10.3.